The molecule has 32 heavy (non-hydrogen) atoms. The molecular formula is C26H31N3O2S. The number of amides is 1. The molecule has 1 amide bonds. The van der Waals surface area contributed by atoms with E-state index in [1.165, 1.54) is 19.3 Å². The van der Waals surface area contributed by atoms with Crippen LogP contribution in [-0.2, 0) is 17.4 Å². The summed E-state index contributed by atoms with van der Waals surface area (Å²) in [6.07, 6.45) is 6.77. The fraction of sp³-hybridized carbons (Fsp3) is 0.423. The highest BCUT2D eigenvalue weighted by molar-refractivity contribution is 7.83. The first-order valence-corrected chi connectivity index (χ1v) is 12.8. The maximum Gasteiger partial charge on any atom is 0.250 e. The van der Waals surface area contributed by atoms with Crippen molar-refractivity contribution in [3.05, 3.63) is 53.7 Å². The van der Waals surface area contributed by atoms with Crippen molar-refractivity contribution < 1.29 is 9.00 Å². The van der Waals surface area contributed by atoms with E-state index in [9.17, 15) is 9.00 Å². The summed E-state index contributed by atoms with van der Waals surface area (Å²) in [6, 6.07) is 14.5. The minimum absolute atomic E-state index is 0.0413. The summed E-state index contributed by atoms with van der Waals surface area (Å²) in [5.74, 6) is 0.230. The largest absolute Gasteiger partial charge is 0.382 e. The number of nitrogens with one attached hydrogen (secondary N) is 1. The van der Waals surface area contributed by atoms with Crippen molar-refractivity contribution in [1.29, 1.82) is 0 Å². The molecule has 3 aromatic rings. The molecule has 1 saturated carbocycles. The monoisotopic (exact) mass is 449 g/mol. The van der Waals surface area contributed by atoms with Gasteiger partial charge < -0.3 is 11.1 Å². The molecule has 1 fully saturated rings. The van der Waals surface area contributed by atoms with Crippen molar-refractivity contribution in [3.8, 4) is 11.1 Å². The molecule has 3 N–H and O–H groups in total. The van der Waals surface area contributed by atoms with E-state index in [0.717, 1.165) is 52.7 Å². The first-order chi connectivity index (χ1) is 15.3. The normalized spacial score (nSPS) is 20.8. The van der Waals surface area contributed by atoms with Crippen molar-refractivity contribution >= 4 is 33.5 Å². The Hall–Kier alpha value is -2.60. The van der Waals surface area contributed by atoms with Gasteiger partial charge in [-0.3, -0.25) is 8.77 Å². The zero-order chi connectivity index (χ0) is 22.5. The minimum atomic E-state index is -1.11. The molecule has 2 aromatic carbocycles. The van der Waals surface area contributed by atoms with E-state index in [0.29, 0.717) is 17.4 Å². The minimum Gasteiger partial charge on any atom is -0.382 e. The summed E-state index contributed by atoms with van der Waals surface area (Å²) in [6.45, 7) is 4.37. The van der Waals surface area contributed by atoms with Crippen LogP contribution in [0.1, 0.15) is 62.0 Å². The van der Waals surface area contributed by atoms with Crippen LogP contribution in [0, 0.1) is 5.41 Å². The molecule has 6 heteroatoms. The fourth-order valence-electron chi connectivity index (χ4n) is 5.38. The lowest BCUT2D eigenvalue weighted by Crippen LogP contribution is -2.33. The lowest BCUT2D eigenvalue weighted by Gasteiger charge is -2.31. The van der Waals surface area contributed by atoms with Crippen LogP contribution in [-0.4, -0.2) is 25.9 Å². The van der Waals surface area contributed by atoms with Crippen LogP contribution in [0.5, 0.6) is 0 Å². The highest BCUT2D eigenvalue weighted by Gasteiger charge is 2.34. The van der Waals surface area contributed by atoms with Crippen LogP contribution in [0.15, 0.2) is 42.5 Å². The second kappa shape index (κ2) is 8.07. The molecule has 1 aliphatic carbocycles. The molecule has 1 aromatic heterocycles. The number of para-hydroxylation sites is 1. The first-order valence-electron chi connectivity index (χ1n) is 11.6. The number of benzene rings is 2. The van der Waals surface area contributed by atoms with Crippen LogP contribution in [0.2, 0.25) is 0 Å². The Bertz CT molecular complexity index is 1220. The average Bonchev–Trinajstić information content (AvgIpc) is 3.07. The number of nitrogens with zero attached hydrogens (tertiary/aromatic N) is 1. The van der Waals surface area contributed by atoms with Crippen molar-refractivity contribution in [2.75, 3.05) is 11.1 Å². The van der Waals surface area contributed by atoms with Gasteiger partial charge in [-0.05, 0) is 48.4 Å². The van der Waals surface area contributed by atoms with E-state index in [1.807, 2.05) is 28.2 Å². The molecule has 2 aliphatic rings. The lowest BCUT2D eigenvalue weighted by atomic mass is 9.87. The Balaban J connectivity index is 1.68. The smallest absolute Gasteiger partial charge is 0.250 e. The lowest BCUT2D eigenvalue weighted by molar-refractivity contribution is 0.100. The molecule has 5 rings (SSSR count). The number of rotatable bonds is 4. The summed E-state index contributed by atoms with van der Waals surface area (Å²) in [7, 11) is -1.11. The van der Waals surface area contributed by atoms with Gasteiger partial charge in [-0.15, -0.1) is 0 Å². The van der Waals surface area contributed by atoms with E-state index in [1.54, 1.807) is 0 Å². The molecule has 1 unspecified atom stereocenters. The predicted molar refractivity (Wildman–Crippen MR) is 132 cm³/mol. The zero-order valence-corrected chi connectivity index (χ0v) is 19.6. The SMILES string of the molecule is CC1(C)Cc2c(-c3ccc(C(N)=O)c(NC4CCCCC4)c3)c3ccccc3n2S(=O)C1. The number of hydrogen-bond donors (Lipinski definition) is 2. The molecule has 0 saturated heterocycles. The maximum atomic E-state index is 13.2. The number of carbonyl (C=O) groups is 1. The second-order valence-corrected chi connectivity index (χ2v) is 11.3. The van der Waals surface area contributed by atoms with Gasteiger partial charge in [0.05, 0.1) is 11.1 Å². The number of primary amides is 1. The third-order valence-corrected chi connectivity index (χ3v) is 8.68. The number of anilines is 1. The Morgan fingerprint density at radius 1 is 1.12 bits per heavy atom. The topological polar surface area (TPSA) is 77.1 Å². The highest BCUT2D eigenvalue weighted by atomic mass is 32.2. The number of fused-ring (bicyclic) bond motifs is 3. The van der Waals surface area contributed by atoms with Gasteiger partial charge in [0, 0.05) is 34.1 Å². The third kappa shape index (κ3) is 3.75. The van der Waals surface area contributed by atoms with E-state index in [2.05, 4.69) is 37.4 Å². The summed E-state index contributed by atoms with van der Waals surface area (Å²) in [5, 5.41) is 4.72. The van der Waals surface area contributed by atoms with Crippen LogP contribution in [0.4, 0.5) is 5.69 Å². The van der Waals surface area contributed by atoms with Crippen LogP contribution in [0.3, 0.4) is 0 Å². The molecule has 1 aliphatic heterocycles. The Morgan fingerprint density at radius 2 is 1.88 bits per heavy atom. The van der Waals surface area contributed by atoms with Gasteiger partial charge in [0.25, 0.3) is 5.91 Å². The quantitative estimate of drug-likeness (QED) is 0.571. The van der Waals surface area contributed by atoms with Crippen molar-refractivity contribution in [2.45, 2.75) is 58.4 Å². The molecular weight excluding hydrogens is 418 g/mol. The van der Waals surface area contributed by atoms with E-state index in [4.69, 9.17) is 5.73 Å². The summed E-state index contributed by atoms with van der Waals surface area (Å²) in [4.78, 5) is 12.2. The van der Waals surface area contributed by atoms with Gasteiger partial charge in [-0.1, -0.05) is 57.4 Å². The number of nitrogens with two attached hydrogens (primary N) is 1. The number of aromatic nitrogens is 1. The Kier molecular flexibility index (Phi) is 5.36. The van der Waals surface area contributed by atoms with Gasteiger partial charge in [0.15, 0.2) is 0 Å². The molecule has 168 valence electrons. The van der Waals surface area contributed by atoms with Crippen molar-refractivity contribution in [2.24, 2.45) is 11.1 Å². The van der Waals surface area contributed by atoms with Gasteiger partial charge in [-0.25, -0.2) is 4.21 Å². The van der Waals surface area contributed by atoms with E-state index < -0.39 is 16.9 Å². The molecule has 0 bridgehead atoms. The summed E-state index contributed by atoms with van der Waals surface area (Å²) < 4.78 is 15.3. The molecule has 2 heterocycles. The second-order valence-electron chi connectivity index (χ2n) is 10.0. The molecule has 0 spiro atoms. The number of hydrogen-bond acceptors (Lipinski definition) is 3. The molecule has 5 nitrogen and oxygen atoms in total. The van der Waals surface area contributed by atoms with Gasteiger partial charge in [-0.2, -0.15) is 0 Å². The fourth-order valence-corrected chi connectivity index (χ4v) is 7.06. The highest BCUT2D eigenvalue weighted by Crippen LogP contribution is 2.43. The van der Waals surface area contributed by atoms with Gasteiger partial charge in [0.2, 0.25) is 0 Å². The van der Waals surface area contributed by atoms with Crippen LogP contribution < -0.4 is 11.1 Å². The number of carbonyl (C=O) groups excluding carboxylic acids is 1. The summed E-state index contributed by atoms with van der Waals surface area (Å²) >= 11 is 0. The Morgan fingerprint density at radius 3 is 2.62 bits per heavy atom. The maximum absolute atomic E-state index is 13.2. The third-order valence-electron chi connectivity index (χ3n) is 6.83. The first kappa shape index (κ1) is 21.3. The molecule has 0 radical (unpaired) electrons. The Labute approximate surface area is 192 Å². The van der Waals surface area contributed by atoms with E-state index >= 15 is 0 Å². The van der Waals surface area contributed by atoms with Gasteiger partial charge >= 0.3 is 0 Å². The zero-order valence-electron chi connectivity index (χ0n) is 18.8. The van der Waals surface area contributed by atoms with Crippen molar-refractivity contribution in [3.63, 3.8) is 0 Å². The van der Waals surface area contributed by atoms with Crippen molar-refractivity contribution in [1.82, 2.24) is 3.97 Å². The average molecular weight is 450 g/mol. The molecule has 1 atom stereocenters. The van der Waals surface area contributed by atoms with Crippen LogP contribution >= 0.6 is 0 Å². The standard InChI is InChI=1S/C26H31N3O2S/c1-26(2)15-23-24(20-10-6-7-11-22(20)29(23)32(31)16-26)17-12-13-19(25(27)30)21(14-17)28-18-8-4-3-5-9-18/h6-7,10-14,18,28H,3-5,8-9,15-16H2,1-2H3,(H2,27,30). The van der Waals surface area contributed by atoms with Crippen LogP contribution in [0.25, 0.3) is 22.0 Å². The summed E-state index contributed by atoms with van der Waals surface area (Å²) in [5.41, 5.74) is 11.3. The van der Waals surface area contributed by atoms with Gasteiger partial charge in [0.1, 0.15) is 11.0 Å². The predicted octanol–water partition coefficient (Wildman–Crippen LogP) is 5.25. The van der Waals surface area contributed by atoms with E-state index in [-0.39, 0.29) is 5.41 Å².